The van der Waals surface area contributed by atoms with Gasteiger partial charge in [-0.2, -0.15) is 4.98 Å². The fourth-order valence-electron chi connectivity index (χ4n) is 2.41. The molecule has 8 heteroatoms. The van der Waals surface area contributed by atoms with Crippen LogP contribution in [-0.4, -0.2) is 23.0 Å². The number of aromatic nitrogens is 2. The molecule has 0 aliphatic carbocycles. The maximum Gasteiger partial charge on any atom is 0.254 e. The minimum Gasteiger partial charge on any atom is -0.497 e. The van der Waals surface area contributed by atoms with Crippen LogP contribution in [0.5, 0.6) is 5.75 Å². The lowest BCUT2D eigenvalue weighted by Gasteiger charge is -2.13. The quantitative estimate of drug-likeness (QED) is 0.616. The number of amides is 1. The Kier molecular flexibility index (Phi) is 5.16. The summed E-state index contributed by atoms with van der Waals surface area (Å²) >= 11 is 0. The van der Waals surface area contributed by atoms with E-state index in [-0.39, 0.29) is 23.0 Å². The van der Waals surface area contributed by atoms with E-state index in [1.54, 1.807) is 0 Å². The van der Waals surface area contributed by atoms with Crippen molar-refractivity contribution in [1.29, 1.82) is 0 Å². The van der Waals surface area contributed by atoms with Crippen LogP contribution in [0.15, 0.2) is 48.7 Å². The molecule has 0 unspecified atom stereocenters. The van der Waals surface area contributed by atoms with E-state index in [9.17, 15) is 9.18 Å². The molecule has 0 saturated heterocycles. The molecule has 1 aromatic heterocycles. The lowest BCUT2D eigenvalue weighted by molar-refractivity contribution is 0.100. The van der Waals surface area contributed by atoms with E-state index in [4.69, 9.17) is 10.5 Å². The molecular formula is C19H18FN5O2. The Balaban J connectivity index is 1.96. The summed E-state index contributed by atoms with van der Waals surface area (Å²) in [7, 11) is 1.49. The largest absolute Gasteiger partial charge is 0.497 e. The van der Waals surface area contributed by atoms with Gasteiger partial charge in [0.05, 0.1) is 12.8 Å². The number of methoxy groups -OCH3 is 1. The minimum atomic E-state index is -0.676. The zero-order valence-corrected chi connectivity index (χ0v) is 14.8. The summed E-state index contributed by atoms with van der Waals surface area (Å²) in [5, 5.41) is 5.86. The molecule has 0 bridgehead atoms. The predicted molar refractivity (Wildman–Crippen MR) is 101 cm³/mol. The van der Waals surface area contributed by atoms with E-state index in [1.165, 1.54) is 31.5 Å². The molecule has 1 amide bonds. The Labute approximate surface area is 155 Å². The molecule has 2 aromatic carbocycles. The molecule has 27 heavy (non-hydrogen) atoms. The number of anilines is 4. The van der Waals surface area contributed by atoms with Crippen molar-refractivity contribution in [3.8, 4) is 5.75 Å². The van der Waals surface area contributed by atoms with Crippen molar-refractivity contribution in [2.45, 2.75) is 6.92 Å². The lowest BCUT2D eigenvalue weighted by Crippen LogP contribution is -2.16. The van der Waals surface area contributed by atoms with Crippen molar-refractivity contribution in [2.24, 2.45) is 5.73 Å². The van der Waals surface area contributed by atoms with Crippen LogP contribution in [0.25, 0.3) is 0 Å². The molecule has 7 nitrogen and oxygen atoms in total. The topological polar surface area (TPSA) is 102 Å². The maximum absolute atomic E-state index is 14.0. The van der Waals surface area contributed by atoms with Gasteiger partial charge in [0.2, 0.25) is 5.95 Å². The lowest BCUT2D eigenvalue weighted by atomic mass is 10.2. The Morgan fingerprint density at radius 2 is 1.93 bits per heavy atom. The number of carbonyl (C=O) groups is 1. The van der Waals surface area contributed by atoms with Crippen molar-refractivity contribution in [2.75, 3.05) is 17.7 Å². The summed E-state index contributed by atoms with van der Waals surface area (Å²) in [6.45, 7) is 1.91. The average molecular weight is 367 g/mol. The first-order valence-electron chi connectivity index (χ1n) is 8.08. The molecule has 1 heterocycles. The number of halogens is 1. The van der Waals surface area contributed by atoms with Crippen molar-refractivity contribution in [3.05, 3.63) is 65.6 Å². The molecule has 0 saturated carbocycles. The van der Waals surface area contributed by atoms with Crippen molar-refractivity contribution < 1.29 is 13.9 Å². The van der Waals surface area contributed by atoms with Crippen LogP contribution in [0.3, 0.4) is 0 Å². The summed E-state index contributed by atoms with van der Waals surface area (Å²) in [4.78, 5) is 20.0. The fourth-order valence-corrected chi connectivity index (χ4v) is 2.41. The van der Waals surface area contributed by atoms with Crippen molar-refractivity contribution in [3.63, 3.8) is 0 Å². The first-order chi connectivity index (χ1) is 13.0. The number of nitrogens with two attached hydrogens (primary N) is 1. The second kappa shape index (κ2) is 7.69. The molecule has 0 aliphatic heterocycles. The molecule has 3 rings (SSSR count). The van der Waals surface area contributed by atoms with Gasteiger partial charge in [0.1, 0.15) is 22.9 Å². The van der Waals surface area contributed by atoms with Crippen LogP contribution >= 0.6 is 0 Å². The first-order valence-corrected chi connectivity index (χ1v) is 8.08. The first kappa shape index (κ1) is 18.1. The van der Waals surface area contributed by atoms with Crippen LogP contribution in [0.2, 0.25) is 0 Å². The van der Waals surface area contributed by atoms with Crippen LogP contribution in [0.4, 0.5) is 27.5 Å². The predicted octanol–water partition coefficient (Wildman–Crippen LogP) is 3.52. The Bertz CT molecular complexity index is 994. The number of hydrogen-bond donors (Lipinski definition) is 3. The number of rotatable bonds is 6. The summed E-state index contributed by atoms with van der Waals surface area (Å²) in [6.07, 6.45) is 1.29. The highest BCUT2D eigenvalue weighted by Gasteiger charge is 2.14. The molecular weight excluding hydrogens is 349 g/mol. The number of para-hydroxylation sites is 1. The minimum absolute atomic E-state index is 0.100. The highest BCUT2D eigenvalue weighted by Crippen LogP contribution is 2.26. The number of hydrogen-bond acceptors (Lipinski definition) is 6. The van der Waals surface area contributed by atoms with E-state index in [1.807, 2.05) is 31.2 Å². The number of nitrogens with zero attached hydrogens (tertiary/aromatic N) is 2. The van der Waals surface area contributed by atoms with Gasteiger partial charge in [0, 0.05) is 18.0 Å². The zero-order chi connectivity index (χ0) is 19.4. The van der Waals surface area contributed by atoms with Gasteiger partial charge in [0.25, 0.3) is 5.91 Å². The van der Waals surface area contributed by atoms with Gasteiger partial charge in [-0.3, -0.25) is 4.79 Å². The molecule has 4 N–H and O–H groups in total. The molecule has 0 spiro atoms. The molecule has 0 radical (unpaired) electrons. The molecule has 0 atom stereocenters. The van der Waals surface area contributed by atoms with E-state index in [0.29, 0.717) is 5.75 Å². The van der Waals surface area contributed by atoms with Gasteiger partial charge in [-0.25, -0.2) is 9.37 Å². The number of aryl methyl sites for hydroxylation is 1. The van der Waals surface area contributed by atoms with Gasteiger partial charge in [-0.15, -0.1) is 0 Å². The number of ether oxygens (including phenoxy) is 1. The molecule has 138 valence electrons. The third-order valence-corrected chi connectivity index (χ3v) is 3.87. The average Bonchev–Trinajstić information content (AvgIpc) is 2.65. The van der Waals surface area contributed by atoms with Crippen molar-refractivity contribution >= 4 is 29.0 Å². The summed E-state index contributed by atoms with van der Waals surface area (Å²) in [5.74, 6) is -0.372. The number of nitrogens with one attached hydrogen (secondary N) is 2. The Morgan fingerprint density at radius 3 is 2.63 bits per heavy atom. The second-order valence-electron chi connectivity index (χ2n) is 5.73. The van der Waals surface area contributed by atoms with Crippen LogP contribution in [0.1, 0.15) is 15.9 Å². The van der Waals surface area contributed by atoms with Crippen LogP contribution < -0.4 is 21.1 Å². The molecule has 3 aromatic rings. The van der Waals surface area contributed by atoms with E-state index in [2.05, 4.69) is 20.6 Å². The smallest absolute Gasteiger partial charge is 0.254 e. The van der Waals surface area contributed by atoms with Crippen LogP contribution in [0, 0.1) is 12.7 Å². The Morgan fingerprint density at radius 1 is 1.15 bits per heavy atom. The van der Waals surface area contributed by atoms with Gasteiger partial charge in [-0.1, -0.05) is 18.2 Å². The molecule has 0 fully saturated rings. The Hall–Kier alpha value is -3.68. The number of benzene rings is 2. The second-order valence-corrected chi connectivity index (χ2v) is 5.73. The number of primary amides is 1. The summed E-state index contributed by atoms with van der Waals surface area (Å²) < 4.78 is 19.1. The zero-order valence-electron chi connectivity index (χ0n) is 14.8. The molecule has 0 aliphatic rings. The SMILES string of the molecule is COc1ccc(F)c(Nc2ncc(C(N)=O)c(Nc3ccccc3C)n2)c1. The van der Waals surface area contributed by atoms with Gasteiger partial charge in [-0.05, 0) is 30.7 Å². The fraction of sp³-hybridized carbons (Fsp3) is 0.105. The van der Waals surface area contributed by atoms with E-state index in [0.717, 1.165) is 11.3 Å². The number of carbonyl (C=O) groups excluding carboxylic acids is 1. The van der Waals surface area contributed by atoms with Gasteiger partial charge in [0.15, 0.2) is 0 Å². The van der Waals surface area contributed by atoms with Crippen molar-refractivity contribution in [1.82, 2.24) is 9.97 Å². The van der Waals surface area contributed by atoms with Crippen LogP contribution in [-0.2, 0) is 0 Å². The van der Waals surface area contributed by atoms with Gasteiger partial charge < -0.3 is 21.1 Å². The van der Waals surface area contributed by atoms with Gasteiger partial charge >= 0.3 is 0 Å². The highest BCUT2D eigenvalue weighted by molar-refractivity contribution is 5.98. The third kappa shape index (κ3) is 4.12. The summed E-state index contributed by atoms with van der Waals surface area (Å²) in [5.41, 5.74) is 7.40. The summed E-state index contributed by atoms with van der Waals surface area (Å²) in [6, 6.07) is 11.8. The highest BCUT2D eigenvalue weighted by atomic mass is 19.1. The normalized spacial score (nSPS) is 10.3. The van der Waals surface area contributed by atoms with E-state index >= 15 is 0 Å². The monoisotopic (exact) mass is 367 g/mol. The third-order valence-electron chi connectivity index (χ3n) is 3.87. The standard InChI is InChI=1S/C19H18FN5O2/c1-11-5-3-4-6-15(11)23-18-13(17(21)26)10-22-19(25-18)24-16-9-12(27-2)7-8-14(16)20/h3-10H,1-2H3,(H2,21,26)(H2,22,23,24,25). The maximum atomic E-state index is 14.0. The van der Waals surface area contributed by atoms with E-state index < -0.39 is 11.7 Å².